The summed E-state index contributed by atoms with van der Waals surface area (Å²) in [5, 5.41) is 4.89. The fourth-order valence-corrected chi connectivity index (χ4v) is 7.94. The van der Waals surface area contributed by atoms with Crippen molar-refractivity contribution in [1.82, 2.24) is 13.8 Å². The molecule has 252 valence electrons. The second-order valence-electron chi connectivity index (χ2n) is 13.5. The molecule has 7 aromatic carbocycles. The molecule has 0 spiro atoms. The molecule has 0 amide bonds. The van der Waals surface area contributed by atoms with Crippen LogP contribution in [0.2, 0.25) is 0 Å². The van der Waals surface area contributed by atoms with E-state index in [-0.39, 0.29) is 0 Å². The largest absolute Gasteiger partial charge is 0.338 e. The van der Waals surface area contributed by atoms with Crippen molar-refractivity contribution in [3.8, 4) is 39.1 Å². The molecule has 0 saturated heterocycles. The van der Waals surface area contributed by atoms with Gasteiger partial charge in [0.25, 0.3) is 0 Å². The predicted octanol–water partition coefficient (Wildman–Crippen LogP) is 11.0. The SMILES string of the molecule is Nn1cccc(-c2cccc(-c3ccccc3)c2)/c1=N/Cn1c2ccccc2c2cc(-c3ccc4c(c3)c3ccccc3n4-c3ccccc3)ccc21. The molecule has 0 radical (unpaired) electrons. The van der Waals surface area contributed by atoms with Crippen LogP contribution in [0.3, 0.4) is 0 Å². The molecule has 10 rings (SSSR count). The van der Waals surface area contributed by atoms with Crippen molar-refractivity contribution in [2.75, 3.05) is 5.84 Å². The maximum Gasteiger partial charge on any atom is 0.155 e. The van der Waals surface area contributed by atoms with E-state index in [2.05, 4.69) is 179 Å². The normalized spacial score (nSPS) is 12.0. The standard InChI is InChI=1S/C48H35N5/c49-52-28-12-21-39(37-16-11-15-34(29-37)33-13-3-1-4-14-33)48(52)50-32-51-44-22-9-7-19-40(44)42-30-35(24-26-45(42)51)36-25-27-47-43(31-36)41-20-8-10-23-46(41)53(47)38-17-5-2-6-18-38/h1-31H,32,49H2/b50-48-. The summed E-state index contributed by atoms with van der Waals surface area (Å²) in [5.74, 6) is 6.58. The molecule has 0 unspecified atom stereocenters. The number of nitrogens with zero attached hydrogens (tertiary/aromatic N) is 4. The van der Waals surface area contributed by atoms with Crippen LogP contribution < -0.4 is 11.3 Å². The lowest BCUT2D eigenvalue weighted by atomic mass is 10.00. The Kier molecular flexibility index (Phi) is 7.29. The first-order valence-corrected chi connectivity index (χ1v) is 17.9. The van der Waals surface area contributed by atoms with Crippen LogP contribution in [0.25, 0.3) is 82.7 Å². The number of para-hydroxylation sites is 3. The maximum absolute atomic E-state index is 6.58. The number of rotatable bonds is 6. The van der Waals surface area contributed by atoms with E-state index < -0.39 is 0 Å². The topological polar surface area (TPSA) is 53.2 Å². The molecule has 0 fully saturated rings. The van der Waals surface area contributed by atoms with Crippen LogP contribution >= 0.6 is 0 Å². The second kappa shape index (κ2) is 12.6. The number of benzene rings is 7. The summed E-state index contributed by atoms with van der Waals surface area (Å²) in [6.45, 7) is 0.418. The Morgan fingerprint density at radius 3 is 1.74 bits per heavy atom. The zero-order chi connectivity index (χ0) is 35.3. The molecule has 0 bridgehead atoms. The van der Waals surface area contributed by atoms with E-state index in [9.17, 15) is 0 Å². The Morgan fingerprint density at radius 1 is 0.415 bits per heavy atom. The zero-order valence-electron chi connectivity index (χ0n) is 29.0. The molecule has 5 nitrogen and oxygen atoms in total. The quantitative estimate of drug-likeness (QED) is 0.175. The predicted molar refractivity (Wildman–Crippen MR) is 220 cm³/mol. The van der Waals surface area contributed by atoms with Gasteiger partial charge >= 0.3 is 0 Å². The summed E-state index contributed by atoms with van der Waals surface area (Å²) < 4.78 is 6.28. The fourth-order valence-electron chi connectivity index (χ4n) is 7.94. The lowest BCUT2D eigenvalue weighted by Gasteiger charge is -2.10. The van der Waals surface area contributed by atoms with E-state index in [0.717, 1.165) is 38.9 Å². The summed E-state index contributed by atoms with van der Waals surface area (Å²) in [6.07, 6.45) is 1.86. The third-order valence-electron chi connectivity index (χ3n) is 10.4. The van der Waals surface area contributed by atoms with Gasteiger partial charge in [0, 0.05) is 39.0 Å². The number of nitrogen functional groups attached to an aromatic ring is 1. The highest BCUT2D eigenvalue weighted by molar-refractivity contribution is 6.12. The Labute approximate surface area is 306 Å². The summed E-state index contributed by atoms with van der Waals surface area (Å²) in [4.78, 5) is 5.20. The molecule has 2 N–H and O–H groups in total. The van der Waals surface area contributed by atoms with E-state index in [0.29, 0.717) is 6.67 Å². The number of pyridine rings is 1. The van der Waals surface area contributed by atoms with Gasteiger partial charge in [-0.05, 0) is 94.5 Å². The highest BCUT2D eigenvalue weighted by Crippen LogP contribution is 2.37. The average Bonchev–Trinajstić information content (AvgIpc) is 3.73. The van der Waals surface area contributed by atoms with E-state index in [1.54, 1.807) is 4.68 Å². The molecule has 10 aromatic rings. The Morgan fingerprint density at radius 2 is 0.962 bits per heavy atom. The molecular formula is C48H35N5. The van der Waals surface area contributed by atoms with Crippen LogP contribution in [-0.2, 0) is 6.67 Å². The molecule has 0 atom stereocenters. The van der Waals surface area contributed by atoms with Crippen molar-refractivity contribution in [2.45, 2.75) is 6.67 Å². The van der Waals surface area contributed by atoms with E-state index in [4.69, 9.17) is 10.8 Å². The lowest BCUT2D eigenvalue weighted by Crippen LogP contribution is -2.29. The minimum Gasteiger partial charge on any atom is -0.338 e. The van der Waals surface area contributed by atoms with Crippen LogP contribution in [0.5, 0.6) is 0 Å². The molecule has 0 aliphatic heterocycles. The van der Waals surface area contributed by atoms with Crippen molar-refractivity contribution >= 4 is 43.6 Å². The molecule has 3 heterocycles. The summed E-state index contributed by atoms with van der Waals surface area (Å²) >= 11 is 0. The van der Waals surface area contributed by atoms with Gasteiger partial charge in [-0.15, -0.1) is 0 Å². The lowest BCUT2D eigenvalue weighted by molar-refractivity contribution is 0.737. The highest BCUT2D eigenvalue weighted by atomic mass is 15.3. The highest BCUT2D eigenvalue weighted by Gasteiger charge is 2.15. The number of nitrogens with two attached hydrogens (primary N) is 1. The van der Waals surface area contributed by atoms with Gasteiger partial charge < -0.3 is 15.0 Å². The van der Waals surface area contributed by atoms with E-state index in [1.807, 2.05) is 18.3 Å². The second-order valence-corrected chi connectivity index (χ2v) is 13.5. The van der Waals surface area contributed by atoms with Gasteiger partial charge in [-0.2, -0.15) is 0 Å². The first kappa shape index (κ1) is 30.7. The van der Waals surface area contributed by atoms with Crippen molar-refractivity contribution < 1.29 is 0 Å². The van der Waals surface area contributed by atoms with Crippen molar-refractivity contribution in [3.05, 3.63) is 194 Å². The van der Waals surface area contributed by atoms with E-state index >= 15 is 0 Å². The zero-order valence-corrected chi connectivity index (χ0v) is 29.0. The van der Waals surface area contributed by atoms with Crippen molar-refractivity contribution in [2.24, 2.45) is 4.99 Å². The van der Waals surface area contributed by atoms with Crippen LogP contribution in [-0.4, -0.2) is 13.8 Å². The minimum atomic E-state index is 0.418. The number of fused-ring (bicyclic) bond motifs is 6. The van der Waals surface area contributed by atoms with Gasteiger partial charge in [0.1, 0.15) is 6.67 Å². The maximum atomic E-state index is 6.58. The third-order valence-corrected chi connectivity index (χ3v) is 10.4. The van der Waals surface area contributed by atoms with Crippen LogP contribution in [0.15, 0.2) is 193 Å². The van der Waals surface area contributed by atoms with E-state index in [1.165, 1.54) is 49.3 Å². The summed E-state index contributed by atoms with van der Waals surface area (Å²) in [5.41, 5.74) is 13.3. The van der Waals surface area contributed by atoms with Crippen LogP contribution in [0.1, 0.15) is 0 Å². The summed E-state index contributed by atoms with van der Waals surface area (Å²) in [6, 6.07) is 64.6. The molecule has 3 aromatic heterocycles. The summed E-state index contributed by atoms with van der Waals surface area (Å²) in [7, 11) is 0. The van der Waals surface area contributed by atoms with Crippen LogP contribution in [0, 0.1) is 0 Å². The Bertz CT molecular complexity index is 3040. The molecule has 0 saturated carbocycles. The molecular weight excluding hydrogens is 647 g/mol. The minimum absolute atomic E-state index is 0.418. The van der Waals surface area contributed by atoms with Crippen LogP contribution in [0.4, 0.5) is 0 Å². The van der Waals surface area contributed by atoms with Gasteiger partial charge in [-0.25, -0.2) is 4.99 Å². The number of hydrogen-bond acceptors (Lipinski definition) is 2. The monoisotopic (exact) mass is 681 g/mol. The molecule has 0 aliphatic carbocycles. The Hall–Kier alpha value is -7.11. The average molecular weight is 682 g/mol. The third kappa shape index (κ3) is 5.21. The molecule has 53 heavy (non-hydrogen) atoms. The molecule has 5 heteroatoms. The first-order chi connectivity index (χ1) is 26.2. The number of hydrogen-bond donors (Lipinski definition) is 1. The number of aromatic nitrogens is 3. The van der Waals surface area contributed by atoms with Gasteiger partial charge in [-0.3, -0.25) is 4.68 Å². The van der Waals surface area contributed by atoms with Crippen molar-refractivity contribution in [1.29, 1.82) is 0 Å². The smallest absolute Gasteiger partial charge is 0.155 e. The molecule has 0 aliphatic rings. The Balaban J connectivity index is 1.08. The first-order valence-electron chi connectivity index (χ1n) is 17.9. The van der Waals surface area contributed by atoms with Gasteiger partial charge in [0.05, 0.1) is 22.1 Å². The van der Waals surface area contributed by atoms with Gasteiger partial charge in [-0.1, -0.05) is 115 Å². The van der Waals surface area contributed by atoms with Crippen molar-refractivity contribution in [3.63, 3.8) is 0 Å². The van der Waals surface area contributed by atoms with Gasteiger partial charge in [0.2, 0.25) is 0 Å². The van der Waals surface area contributed by atoms with Gasteiger partial charge in [0.15, 0.2) is 5.49 Å². The fraction of sp³-hybridized carbons (Fsp3) is 0.0208.